The van der Waals surface area contributed by atoms with E-state index < -0.39 is 109 Å². The van der Waals surface area contributed by atoms with Crippen molar-refractivity contribution in [2.45, 2.75) is 68.3 Å². The number of hydrogen-bond donors (Lipinski definition) is 8. The molecule has 10 atom stereocenters. The molecule has 0 aromatic carbocycles. The summed E-state index contributed by atoms with van der Waals surface area (Å²) >= 11 is 0. The lowest BCUT2D eigenvalue weighted by atomic mass is 10.1. The maximum Gasteiger partial charge on any atom is 0.481 e. The van der Waals surface area contributed by atoms with Gasteiger partial charge in [0.25, 0.3) is 0 Å². The SMILES string of the molecule is [2H]C([2H])(CC([2H])([2H])C(=O)O[C@@H]1[C@@H](COP(=O)(O)OP(=O)(O)OC[C@H]2O[C@@H](n3cnc4c(N)ncnc43)[C@H](O)[C@@H]2O)OC(O)[C@@H]1O)C(=O)O. The van der Waals surface area contributed by atoms with Crippen molar-refractivity contribution >= 4 is 44.6 Å². The van der Waals surface area contributed by atoms with Crippen molar-refractivity contribution in [1.29, 1.82) is 0 Å². The van der Waals surface area contributed by atoms with Crippen molar-refractivity contribution in [3.63, 3.8) is 0 Å². The molecule has 2 fully saturated rings. The Balaban J connectivity index is 1.34. The number of hydrogen-bond acceptors (Lipinski definition) is 18. The second kappa shape index (κ2) is 13.7. The topological polar surface area (TPSA) is 335 Å². The summed E-state index contributed by atoms with van der Waals surface area (Å²) in [6.07, 6.45) is -20.2. The van der Waals surface area contributed by atoms with Crippen LogP contribution in [0, 0.1) is 0 Å². The standard InChI is InChI=1S/C20H29N5O17P2/c21-17-12-18(23-6-22-17)25(7-24-12)19-14(30)13(29)8(39-19)4-37-43(33,34)42-44(35,36)38-5-9-16(15(31)20(32)40-9)41-11(28)3-1-2-10(26)27/h6-9,13-16,19-20,29-32H,1-5H2,(H,26,27)(H,33,34)(H,35,36)(H2,21,22,23)/t8-,9-,13-,14-,15-,16-,19-,20?/m1/s1/i2D2,3D2. The molecular formula is C20H29N5O17P2. The first kappa shape index (κ1) is 28.8. The summed E-state index contributed by atoms with van der Waals surface area (Å²) in [6, 6.07) is 0. The van der Waals surface area contributed by atoms with Gasteiger partial charge in [-0.3, -0.25) is 23.2 Å². The van der Waals surface area contributed by atoms with Crippen LogP contribution in [0.15, 0.2) is 12.7 Å². The third-order valence-corrected chi connectivity index (χ3v) is 8.64. The first-order chi connectivity index (χ1) is 22.0. The molecule has 246 valence electrons. The van der Waals surface area contributed by atoms with Crippen molar-refractivity contribution in [1.82, 2.24) is 19.5 Å². The maximum atomic E-state index is 12.4. The largest absolute Gasteiger partial charge is 0.481 e. The van der Waals surface area contributed by atoms with E-state index in [-0.39, 0.29) is 17.0 Å². The molecule has 2 aromatic rings. The number of nitrogens with two attached hydrogens (primary N) is 1. The zero-order valence-electron chi connectivity index (χ0n) is 25.9. The van der Waals surface area contributed by atoms with E-state index in [4.69, 9.17) is 30.5 Å². The first-order valence-electron chi connectivity index (χ1n) is 14.1. The Hall–Kier alpha value is -2.69. The van der Waals surface area contributed by atoms with Crippen LogP contribution >= 0.6 is 15.6 Å². The number of imidazole rings is 1. The summed E-state index contributed by atoms with van der Waals surface area (Å²) in [5, 5.41) is 49.7. The molecule has 22 nitrogen and oxygen atoms in total. The fourth-order valence-electron chi connectivity index (χ4n) is 4.02. The van der Waals surface area contributed by atoms with Gasteiger partial charge >= 0.3 is 27.6 Å². The molecule has 2 aliphatic rings. The number of rotatable bonds is 14. The number of phosphoric acid groups is 2. The van der Waals surface area contributed by atoms with Gasteiger partial charge in [-0.2, -0.15) is 4.31 Å². The number of nitrogen functional groups attached to an aromatic ring is 1. The Labute approximate surface area is 251 Å². The molecule has 0 aliphatic carbocycles. The highest BCUT2D eigenvalue weighted by atomic mass is 31.3. The van der Waals surface area contributed by atoms with Crippen LogP contribution < -0.4 is 5.73 Å². The van der Waals surface area contributed by atoms with Crippen molar-refractivity contribution < 1.29 is 87.1 Å². The van der Waals surface area contributed by atoms with Gasteiger partial charge in [0.05, 0.1) is 19.5 Å². The molecule has 2 aromatic heterocycles. The number of carboxylic acid groups (broad SMARTS) is 1. The van der Waals surface area contributed by atoms with Crippen LogP contribution in [0.2, 0.25) is 0 Å². The lowest BCUT2D eigenvalue weighted by molar-refractivity contribution is -0.156. The third-order valence-electron chi connectivity index (χ3n) is 6.03. The number of ether oxygens (including phenoxy) is 3. The molecule has 9 N–H and O–H groups in total. The minimum Gasteiger partial charge on any atom is -0.481 e. The number of aliphatic hydroxyl groups is 4. The van der Waals surface area contributed by atoms with Gasteiger partial charge in [-0.1, -0.05) is 0 Å². The van der Waals surface area contributed by atoms with Gasteiger partial charge < -0.3 is 55.3 Å². The number of esters is 1. The number of aromatic nitrogens is 4. The maximum absolute atomic E-state index is 12.4. The molecule has 24 heteroatoms. The lowest BCUT2D eigenvalue weighted by Gasteiger charge is -2.22. The summed E-state index contributed by atoms with van der Waals surface area (Å²) in [5.41, 5.74) is 5.98. The van der Waals surface area contributed by atoms with E-state index in [1.807, 2.05) is 0 Å². The minimum atomic E-state index is -5.61. The zero-order valence-corrected chi connectivity index (χ0v) is 23.7. The fourth-order valence-corrected chi connectivity index (χ4v) is 6.11. The van der Waals surface area contributed by atoms with Crippen LogP contribution in [0.25, 0.3) is 11.2 Å². The molecule has 0 radical (unpaired) electrons. The van der Waals surface area contributed by atoms with Crippen LogP contribution in [0.4, 0.5) is 5.82 Å². The van der Waals surface area contributed by atoms with Gasteiger partial charge in [-0.15, -0.1) is 0 Å². The second-order valence-electron chi connectivity index (χ2n) is 9.00. The number of phosphoric ester groups is 2. The quantitative estimate of drug-likeness (QED) is 0.0758. The molecule has 4 rings (SSSR count). The summed E-state index contributed by atoms with van der Waals surface area (Å²) in [6.45, 7) is -2.24. The summed E-state index contributed by atoms with van der Waals surface area (Å²) < 4.78 is 84.5. The van der Waals surface area contributed by atoms with Crippen molar-refractivity contribution in [3.05, 3.63) is 12.7 Å². The first-order valence-corrected chi connectivity index (χ1v) is 15.1. The van der Waals surface area contributed by atoms with Crippen molar-refractivity contribution in [2.24, 2.45) is 0 Å². The zero-order chi connectivity index (χ0) is 36.0. The van der Waals surface area contributed by atoms with E-state index in [9.17, 15) is 48.9 Å². The van der Waals surface area contributed by atoms with E-state index in [2.05, 4.69) is 28.3 Å². The van der Waals surface area contributed by atoms with E-state index >= 15 is 0 Å². The van der Waals surface area contributed by atoms with E-state index in [1.165, 1.54) is 10.9 Å². The van der Waals surface area contributed by atoms with Gasteiger partial charge in [0.1, 0.15) is 42.4 Å². The highest BCUT2D eigenvalue weighted by Crippen LogP contribution is 2.60. The molecule has 3 unspecified atom stereocenters. The Kier molecular flexibility index (Phi) is 8.99. The van der Waals surface area contributed by atoms with Crippen LogP contribution in [-0.2, 0) is 46.3 Å². The van der Waals surface area contributed by atoms with Gasteiger partial charge in [0.2, 0.25) is 0 Å². The molecule has 2 aliphatic heterocycles. The molecule has 44 heavy (non-hydrogen) atoms. The summed E-state index contributed by atoms with van der Waals surface area (Å²) in [5.74, 6) is -3.99. The predicted molar refractivity (Wildman–Crippen MR) is 137 cm³/mol. The number of carboxylic acids is 1. The Morgan fingerprint density at radius 2 is 1.64 bits per heavy atom. The Morgan fingerprint density at radius 1 is 0.977 bits per heavy atom. The molecule has 0 amide bonds. The monoisotopic (exact) mass is 677 g/mol. The van der Waals surface area contributed by atoms with Gasteiger partial charge in [0.15, 0.2) is 30.1 Å². The number of anilines is 1. The van der Waals surface area contributed by atoms with E-state index in [0.29, 0.717) is 0 Å². The molecule has 0 spiro atoms. The molecule has 4 heterocycles. The van der Waals surface area contributed by atoms with Crippen LogP contribution in [0.1, 0.15) is 30.9 Å². The lowest BCUT2D eigenvalue weighted by Crippen LogP contribution is -2.38. The second-order valence-corrected chi connectivity index (χ2v) is 12.0. The Morgan fingerprint density at radius 3 is 2.30 bits per heavy atom. The van der Waals surface area contributed by atoms with Crippen molar-refractivity contribution in [2.75, 3.05) is 18.9 Å². The summed E-state index contributed by atoms with van der Waals surface area (Å²) in [7, 11) is -11.1. The van der Waals surface area contributed by atoms with E-state index in [1.54, 1.807) is 0 Å². The molecule has 2 saturated heterocycles. The fraction of sp³-hybridized carbons (Fsp3) is 0.650. The third kappa shape index (κ3) is 8.12. The highest BCUT2D eigenvalue weighted by molar-refractivity contribution is 7.61. The normalized spacial score (nSPS) is 33.5. The minimum absolute atomic E-state index is 0.00513. The van der Waals surface area contributed by atoms with Gasteiger partial charge in [-0.25, -0.2) is 24.1 Å². The number of fused-ring (bicyclic) bond motifs is 1. The number of nitrogens with zero attached hydrogens (tertiary/aromatic N) is 4. The number of aliphatic carboxylic acids is 1. The number of carbonyl (C=O) groups is 2. The molecular weight excluding hydrogens is 644 g/mol. The average molecular weight is 677 g/mol. The average Bonchev–Trinajstić information content (AvgIpc) is 3.60. The Bertz CT molecular complexity index is 1620. The van der Waals surface area contributed by atoms with E-state index in [0.717, 1.165) is 6.33 Å². The van der Waals surface area contributed by atoms with Gasteiger partial charge in [-0.05, 0) is 6.42 Å². The highest BCUT2D eigenvalue weighted by Gasteiger charge is 2.48. The number of aliphatic hydroxyl groups excluding tert-OH is 4. The smallest absolute Gasteiger partial charge is 0.481 e. The molecule has 0 bridgehead atoms. The predicted octanol–water partition coefficient (Wildman–Crippen LogP) is -2.48. The van der Waals surface area contributed by atoms with Crippen LogP contribution in [0.5, 0.6) is 0 Å². The van der Waals surface area contributed by atoms with Crippen LogP contribution in [0.3, 0.4) is 0 Å². The summed E-state index contributed by atoms with van der Waals surface area (Å²) in [4.78, 5) is 55.1. The number of carbonyl (C=O) groups excluding carboxylic acids is 1. The van der Waals surface area contributed by atoms with Gasteiger partial charge in [0, 0.05) is 18.2 Å². The van der Waals surface area contributed by atoms with Crippen molar-refractivity contribution in [3.8, 4) is 0 Å². The molecule has 0 saturated carbocycles. The van der Waals surface area contributed by atoms with Crippen LogP contribution in [-0.4, -0.2) is 123 Å².